The first kappa shape index (κ1) is 15.0. The summed E-state index contributed by atoms with van der Waals surface area (Å²) in [5.74, 6) is 1.56. The number of nitrogens with zero attached hydrogens (tertiary/aromatic N) is 4. The molecule has 21 heavy (non-hydrogen) atoms. The van der Waals surface area contributed by atoms with E-state index in [9.17, 15) is 0 Å². The highest BCUT2D eigenvalue weighted by Crippen LogP contribution is 2.15. The molecule has 0 atom stereocenters. The van der Waals surface area contributed by atoms with Gasteiger partial charge in [-0.2, -0.15) is 5.10 Å². The van der Waals surface area contributed by atoms with Gasteiger partial charge in [-0.05, 0) is 42.7 Å². The van der Waals surface area contributed by atoms with Crippen LogP contribution in [0.25, 0.3) is 0 Å². The highest BCUT2D eigenvalue weighted by Gasteiger charge is 2.06. The van der Waals surface area contributed by atoms with Gasteiger partial charge in [-0.25, -0.2) is 9.67 Å². The van der Waals surface area contributed by atoms with Crippen LogP contribution in [0.3, 0.4) is 0 Å². The first-order valence-corrected chi connectivity index (χ1v) is 7.09. The molecule has 0 aliphatic rings. The summed E-state index contributed by atoms with van der Waals surface area (Å²) in [6.45, 7) is 5.26. The van der Waals surface area contributed by atoms with Crippen LogP contribution in [0.4, 0.5) is 0 Å². The van der Waals surface area contributed by atoms with Crippen LogP contribution in [-0.2, 0) is 13.2 Å². The zero-order valence-electron chi connectivity index (χ0n) is 12.4. The van der Waals surface area contributed by atoms with Crippen LogP contribution in [0.2, 0.25) is 0 Å². The van der Waals surface area contributed by atoms with Crippen molar-refractivity contribution in [3.05, 3.63) is 42.0 Å². The van der Waals surface area contributed by atoms with E-state index in [2.05, 4.69) is 22.2 Å². The molecule has 0 spiro atoms. The molecule has 0 amide bonds. The molecule has 0 saturated carbocycles. The van der Waals surface area contributed by atoms with Crippen molar-refractivity contribution in [3.8, 4) is 5.75 Å². The standard InChI is InChI=1S/C15H20N4O2/c1-3-9-19-15(16-11-17-19)10-21-13-7-5-12(6-8-13)14(4-2)18-20/h5-8,11,20H,3-4,9-10H2,1-2H3. The average Bonchev–Trinajstić information content (AvgIpc) is 2.95. The van der Waals surface area contributed by atoms with E-state index in [0.717, 1.165) is 30.1 Å². The minimum atomic E-state index is 0.383. The topological polar surface area (TPSA) is 72.5 Å². The molecule has 0 bridgehead atoms. The van der Waals surface area contributed by atoms with E-state index >= 15 is 0 Å². The lowest BCUT2D eigenvalue weighted by molar-refractivity contribution is 0.286. The van der Waals surface area contributed by atoms with Crippen LogP contribution < -0.4 is 4.74 Å². The molecule has 0 unspecified atom stereocenters. The van der Waals surface area contributed by atoms with Gasteiger partial charge >= 0.3 is 0 Å². The Labute approximate surface area is 124 Å². The summed E-state index contributed by atoms with van der Waals surface area (Å²) in [7, 11) is 0. The van der Waals surface area contributed by atoms with E-state index in [1.807, 2.05) is 35.9 Å². The van der Waals surface area contributed by atoms with Gasteiger partial charge in [0.2, 0.25) is 0 Å². The van der Waals surface area contributed by atoms with Crippen LogP contribution in [0, 0.1) is 0 Å². The van der Waals surface area contributed by atoms with Crippen LogP contribution >= 0.6 is 0 Å². The molecule has 2 rings (SSSR count). The highest BCUT2D eigenvalue weighted by atomic mass is 16.5. The third kappa shape index (κ3) is 3.81. The number of ether oxygens (including phenoxy) is 1. The van der Waals surface area contributed by atoms with Crippen LogP contribution in [0.5, 0.6) is 5.75 Å². The van der Waals surface area contributed by atoms with E-state index < -0.39 is 0 Å². The smallest absolute Gasteiger partial charge is 0.164 e. The number of rotatable bonds is 7. The van der Waals surface area contributed by atoms with E-state index in [0.29, 0.717) is 18.7 Å². The Morgan fingerprint density at radius 1 is 1.29 bits per heavy atom. The van der Waals surface area contributed by atoms with E-state index in [4.69, 9.17) is 9.94 Å². The van der Waals surface area contributed by atoms with E-state index in [1.165, 1.54) is 0 Å². The van der Waals surface area contributed by atoms with Crippen molar-refractivity contribution >= 4 is 5.71 Å². The van der Waals surface area contributed by atoms with Gasteiger partial charge < -0.3 is 9.94 Å². The van der Waals surface area contributed by atoms with Gasteiger partial charge in [0.1, 0.15) is 18.7 Å². The maximum atomic E-state index is 8.90. The summed E-state index contributed by atoms with van der Waals surface area (Å²) >= 11 is 0. The summed E-state index contributed by atoms with van der Waals surface area (Å²) in [6.07, 6.45) is 3.23. The largest absolute Gasteiger partial charge is 0.486 e. The maximum Gasteiger partial charge on any atom is 0.164 e. The Bertz CT molecular complexity index is 590. The molecule has 1 N–H and O–H groups in total. The first-order chi connectivity index (χ1) is 10.3. The van der Waals surface area contributed by atoms with Crippen molar-refractivity contribution < 1.29 is 9.94 Å². The van der Waals surface area contributed by atoms with Crippen molar-refractivity contribution in [2.24, 2.45) is 5.16 Å². The second kappa shape index (κ2) is 7.42. The van der Waals surface area contributed by atoms with Crippen molar-refractivity contribution in [3.63, 3.8) is 0 Å². The van der Waals surface area contributed by atoms with Crippen molar-refractivity contribution in [2.75, 3.05) is 0 Å². The zero-order valence-corrected chi connectivity index (χ0v) is 12.4. The Balaban J connectivity index is 1.99. The number of aromatic nitrogens is 3. The summed E-state index contributed by atoms with van der Waals surface area (Å²) in [5.41, 5.74) is 1.55. The molecule has 1 aromatic carbocycles. The molecule has 1 aromatic heterocycles. The van der Waals surface area contributed by atoms with Gasteiger partial charge in [0.25, 0.3) is 0 Å². The van der Waals surface area contributed by atoms with Gasteiger partial charge in [-0.3, -0.25) is 0 Å². The maximum absolute atomic E-state index is 8.90. The fraction of sp³-hybridized carbons (Fsp3) is 0.400. The van der Waals surface area contributed by atoms with Crippen LogP contribution in [0.1, 0.15) is 38.1 Å². The van der Waals surface area contributed by atoms with Crippen molar-refractivity contribution in [2.45, 2.75) is 39.8 Å². The summed E-state index contributed by atoms with van der Waals surface area (Å²) in [4.78, 5) is 4.20. The number of benzene rings is 1. The molecular formula is C15H20N4O2. The Hall–Kier alpha value is -2.37. The fourth-order valence-electron chi connectivity index (χ4n) is 2.02. The van der Waals surface area contributed by atoms with Crippen molar-refractivity contribution in [1.82, 2.24) is 14.8 Å². The number of aryl methyl sites for hydroxylation is 1. The highest BCUT2D eigenvalue weighted by molar-refractivity contribution is 6.00. The minimum absolute atomic E-state index is 0.383. The third-order valence-electron chi connectivity index (χ3n) is 3.14. The zero-order chi connectivity index (χ0) is 15.1. The summed E-state index contributed by atoms with van der Waals surface area (Å²) < 4.78 is 7.56. The predicted molar refractivity (Wildman–Crippen MR) is 79.7 cm³/mol. The van der Waals surface area contributed by atoms with Gasteiger partial charge in [0.15, 0.2) is 5.82 Å². The van der Waals surface area contributed by atoms with E-state index in [-0.39, 0.29) is 0 Å². The molecule has 0 aliphatic heterocycles. The summed E-state index contributed by atoms with van der Waals surface area (Å²) in [6, 6.07) is 7.47. The molecule has 2 aromatic rings. The lowest BCUT2D eigenvalue weighted by Crippen LogP contribution is -2.08. The lowest BCUT2D eigenvalue weighted by atomic mass is 10.1. The second-order valence-electron chi connectivity index (χ2n) is 4.61. The third-order valence-corrected chi connectivity index (χ3v) is 3.14. The fourth-order valence-corrected chi connectivity index (χ4v) is 2.02. The predicted octanol–water partition coefficient (Wildman–Crippen LogP) is 2.86. The summed E-state index contributed by atoms with van der Waals surface area (Å²) in [5, 5.41) is 16.3. The lowest BCUT2D eigenvalue weighted by Gasteiger charge is -2.08. The van der Waals surface area contributed by atoms with Gasteiger partial charge in [-0.15, -0.1) is 0 Å². The molecule has 1 heterocycles. The average molecular weight is 288 g/mol. The van der Waals surface area contributed by atoms with Crippen molar-refractivity contribution in [1.29, 1.82) is 0 Å². The SMILES string of the molecule is CCCn1ncnc1COc1ccc(C(CC)=NO)cc1. The van der Waals surface area contributed by atoms with Gasteiger partial charge in [-0.1, -0.05) is 19.0 Å². The first-order valence-electron chi connectivity index (χ1n) is 7.09. The number of hydrogen-bond donors (Lipinski definition) is 1. The second-order valence-corrected chi connectivity index (χ2v) is 4.61. The molecule has 112 valence electrons. The van der Waals surface area contributed by atoms with E-state index in [1.54, 1.807) is 6.33 Å². The number of oxime groups is 1. The molecule has 0 saturated heterocycles. The number of hydrogen-bond acceptors (Lipinski definition) is 5. The molecule has 0 radical (unpaired) electrons. The van der Waals surface area contributed by atoms with Crippen LogP contribution in [0.15, 0.2) is 35.7 Å². The molecule has 0 aliphatic carbocycles. The molecule has 0 fully saturated rings. The van der Waals surface area contributed by atoms with Crippen LogP contribution in [-0.4, -0.2) is 25.7 Å². The minimum Gasteiger partial charge on any atom is -0.486 e. The Morgan fingerprint density at radius 3 is 2.67 bits per heavy atom. The molecule has 6 nitrogen and oxygen atoms in total. The Kier molecular flexibility index (Phi) is 5.31. The van der Waals surface area contributed by atoms with Gasteiger partial charge in [0.05, 0.1) is 5.71 Å². The molecule has 6 heteroatoms. The monoisotopic (exact) mass is 288 g/mol. The quantitative estimate of drug-likeness (QED) is 0.483. The normalized spacial score (nSPS) is 11.6. The van der Waals surface area contributed by atoms with Gasteiger partial charge in [0, 0.05) is 6.54 Å². The molecular weight excluding hydrogens is 268 g/mol. The Morgan fingerprint density at radius 2 is 2.05 bits per heavy atom.